The van der Waals surface area contributed by atoms with Gasteiger partial charge in [0.1, 0.15) is 5.41 Å². The Morgan fingerprint density at radius 3 is 2.22 bits per heavy atom. The molecular weight excluding hydrogens is 244 g/mol. The predicted molar refractivity (Wildman–Crippen MR) is 78.5 cm³/mol. The van der Waals surface area contributed by atoms with Crippen molar-refractivity contribution in [2.75, 3.05) is 19.1 Å². The summed E-state index contributed by atoms with van der Waals surface area (Å²) in [4.78, 5) is 14.3. The smallest absolute Gasteiger partial charge is 0.243 e. The highest BCUT2D eigenvalue weighted by atomic mass is 32.2. The van der Waals surface area contributed by atoms with Gasteiger partial charge in [0.05, 0.1) is 6.07 Å². The highest BCUT2D eigenvalue weighted by Crippen LogP contribution is 2.32. The summed E-state index contributed by atoms with van der Waals surface area (Å²) in [6.07, 6.45) is 5.08. The lowest BCUT2D eigenvalue weighted by atomic mass is 9.79. The number of hydrogen-bond acceptors (Lipinski definition) is 3. The summed E-state index contributed by atoms with van der Waals surface area (Å²) < 4.78 is 0. The molecule has 1 unspecified atom stereocenters. The summed E-state index contributed by atoms with van der Waals surface area (Å²) in [5.74, 6) is 0.900. The highest BCUT2D eigenvalue weighted by molar-refractivity contribution is 7.98. The molecule has 104 valence electrons. The van der Waals surface area contributed by atoms with Crippen LogP contribution in [-0.4, -0.2) is 35.9 Å². The number of nitriles is 1. The molecule has 0 aromatic rings. The zero-order valence-electron chi connectivity index (χ0n) is 12.3. The number of amides is 1. The van der Waals surface area contributed by atoms with Crippen molar-refractivity contribution in [3.63, 3.8) is 0 Å². The Labute approximate surface area is 116 Å². The zero-order chi connectivity index (χ0) is 14.2. The minimum Gasteiger partial charge on any atom is -0.341 e. The lowest BCUT2D eigenvalue weighted by molar-refractivity contribution is -0.140. The van der Waals surface area contributed by atoms with Crippen LogP contribution in [0.4, 0.5) is 0 Å². The molecule has 0 aromatic carbocycles. The first-order chi connectivity index (χ1) is 8.48. The van der Waals surface area contributed by atoms with Crippen molar-refractivity contribution in [1.82, 2.24) is 4.90 Å². The van der Waals surface area contributed by atoms with E-state index >= 15 is 0 Å². The van der Waals surface area contributed by atoms with Gasteiger partial charge in [-0.05, 0) is 26.0 Å². The van der Waals surface area contributed by atoms with E-state index in [0.29, 0.717) is 12.8 Å². The van der Waals surface area contributed by atoms with Gasteiger partial charge in [-0.3, -0.25) is 4.79 Å². The predicted octanol–water partition coefficient (Wildman–Crippen LogP) is 3.31. The molecule has 0 aliphatic carbocycles. The second-order valence-corrected chi connectivity index (χ2v) is 5.83. The maximum absolute atomic E-state index is 12.6. The quantitative estimate of drug-likeness (QED) is 0.679. The first-order valence-electron chi connectivity index (χ1n) is 6.66. The van der Waals surface area contributed by atoms with Gasteiger partial charge in [0.25, 0.3) is 0 Å². The third-order valence-electron chi connectivity index (χ3n) is 3.37. The van der Waals surface area contributed by atoms with Gasteiger partial charge in [0.15, 0.2) is 0 Å². The van der Waals surface area contributed by atoms with E-state index in [4.69, 9.17) is 0 Å². The van der Waals surface area contributed by atoms with Gasteiger partial charge in [0, 0.05) is 18.8 Å². The number of thioether (sulfide) groups is 1. The first-order valence-corrected chi connectivity index (χ1v) is 8.05. The van der Waals surface area contributed by atoms with Gasteiger partial charge >= 0.3 is 0 Å². The van der Waals surface area contributed by atoms with Crippen molar-refractivity contribution in [3.05, 3.63) is 0 Å². The van der Waals surface area contributed by atoms with E-state index in [1.165, 1.54) is 0 Å². The lowest BCUT2D eigenvalue weighted by Gasteiger charge is -2.33. The van der Waals surface area contributed by atoms with Gasteiger partial charge in [0.2, 0.25) is 5.91 Å². The minimum absolute atomic E-state index is 0.00440. The fourth-order valence-corrected chi connectivity index (χ4v) is 2.95. The van der Waals surface area contributed by atoms with E-state index in [9.17, 15) is 10.1 Å². The molecule has 0 aliphatic rings. The Morgan fingerprint density at radius 1 is 1.39 bits per heavy atom. The van der Waals surface area contributed by atoms with Crippen molar-refractivity contribution in [2.24, 2.45) is 5.41 Å². The highest BCUT2D eigenvalue weighted by Gasteiger charge is 2.39. The molecule has 18 heavy (non-hydrogen) atoms. The molecular formula is C14H26N2OS. The lowest BCUT2D eigenvalue weighted by Crippen LogP contribution is -2.46. The third-order valence-corrected chi connectivity index (χ3v) is 4.18. The van der Waals surface area contributed by atoms with E-state index in [1.54, 1.807) is 16.7 Å². The summed E-state index contributed by atoms with van der Waals surface area (Å²) in [6, 6.07) is 2.47. The van der Waals surface area contributed by atoms with Crippen molar-refractivity contribution in [3.8, 4) is 6.07 Å². The summed E-state index contributed by atoms with van der Waals surface area (Å²) >= 11 is 1.72. The maximum Gasteiger partial charge on any atom is 0.243 e. The van der Waals surface area contributed by atoms with E-state index < -0.39 is 5.41 Å². The largest absolute Gasteiger partial charge is 0.341 e. The molecule has 0 bridgehead atoms. The first kappa shape index (κ1) is 17.3. The molecule has 0 aromatic heterocycles. The summed E-state index contributed by atoms with van der Waals surface area (Å²) in [6.45, 7) is 6.09. The molecule has 0 N–H and O–H groups in total. The Bertz CT molecular complexity index is 293. The fourth-order valence-electron chi connectivity index (χ4n) is 2.24. The number of carbonyl (C=O) groups excluding carboxylic acids is 1. The average Bonchev–Trinajstić information content (AvgIpc) is 2.36. The van der Waals surface area contributed by atoms with Crippen LogP contribution >= 0.6 is 11.8 Å². The standard InChI is InChI=1S/C14H26N2OS/c1-6-8-14(11-15,9-7-2)13(17)16(4)12(3)10-18-5/h12H,6-10H2,1-5H3. The van der Waals surface area contributed by atoms with Gasteiger partial charge in [-0.25, -0.2) is 0 Å². The van der Waals surface area contributed by atoms with Crippen LogP contribution in [0, 0.1) is 16.7 Å². The number of rotatable bonds is 8. The molecule has 0 rings (SSSR count). The number of carbonyl (C=O) groups is 1. The molecule has 3 nitrogen and oxygen atoms in total. The monoisotopic (exact) mass is 270 g/mol. The topological polar surface area (TPSA) is 44.1 Å². The van der Waals surface area contributed by atoms with Gasteiger partial charge in [-0.2, -0.15) is 17.0 Å². The summed E-state index contributed by atoms with van der Waals surface area (Å²) in [5, 5.41) is 9.47. The summed E-state index contributed by atoms with van der Waals surface area (Å²) in [7, 11) is 1.82. The average molecular weight is 270 g/mol. The second kappa shape index (κ2) is 8.42. The van der Waals surface area contributed by atoms with Gasteiger partial charge < -0.3 is 4.90 Å². The molecule has 0 heterocycles. The molecule has 0 saturated heterocycles. The van der Waals surface area contributed by atoms with E-state index in [0.717, 1.165) is 18.6 Å². The van der Waals surface area contributed by atoms with Crippen LogP contribution in [0.5, 0.6) is 0 Å². The Morgan fingerprint density at radius 2 is 1.89 bits per heavy atom. The molecule has 4 heteroatoms. The Kier molecular flexibility index (Phi) is 8.10. The van der Waals surface area contributed by atoms with Crippen molar-refractivity contribution in [2.45, 2.75) is 52.5 Å². The SMILES string of the molecule is CCCC(C#N)(CCC)C(=O)N(C)C(C)CSC. The van der Waals surface area contributed by atoms with E-state index in [-0.39, 0.29) is 11.9 Å². The molecule has 0 saturated carbocycles. The molecule has 1 atom stereocenters. The maximum atomic E-state index is 12.6. The Balaban J connectivity index is 5.01. The van der Waals surface area contributed by atoms with Crippen molar-refractivity contribution < 1.29 is 4.79 Å². The van der Waals surface area contributed by atoms with Crippen molar-refractivity contribution in [1.29, 1.82) is 5.26 Å². The van der Waals surface area contributed by atoms with Crippen LogP contribution in [0.2, 0.25) is 0 Å². The van der Waals surface area contributed by atoms with Gasteiger partial charge in [-0.15, -0.1) is 0 Å². The van der Waals surface area contributed by atoms with Crippen LogP contribution in [-0.2, 0) is 4.79 Å². The number of hydrogen-bond donors (Lipinski definition) is 0. The van der Waals surface area contributed by atoms with E-state index in [1.807, 2.05) is 34.1 Å². The van der Waals surface area contributed by atoms with Crippen LogP contribution in [0.1, 0.15) is 46.5 Å². The van der Waals surface area contributed by atoms with E-state index in [2.05, 4.69) is 6.07 Å². The molecule has 0 spiro atoms. The zero-order valence-corrected chi connectivity index (χ0v) is 13.1. The van der Waals surface area contributed by atoms with Crippen LogP contribution in [0.3, 0.4) is 0 Å². The molecule has 1 amide bonds. The fraction of sp³-hybridized carbons (Fsp3) is 0.857. The normalized spacial score (nSPS) is 12.9. The molecule has 0 aliphatic heterocycles. The molecule has 0 radical (unpaired) electrons. The van der Waals surface area contributed by atoms with Crippen LogP contribution < -0.4 is 0 Å². The summed E-state index contributed by atoms with van der Waals surface area (Å²) in [5.41, 5.74) is -0.815. The van der Waals surface area contributed by atoms with Crippen molar-refractivity contribution >= 4 is 17.7 Å². The molecule has 0 fully saturated rings. The van der Waals surface area contributed by atoms with Gasteiger partial charge in [-0.1, -0.05) is 26.7 Å². The second-order valence-electron chi connectivity index (χ2n) is 4.91. The van der Waals surface area contributed by atoms with Crippen LogP contribution in [0.15, 0.2) is 0 Å². The Hall–Kier alpha value is -0.690. The number of nitrogens with zero attached hydrogens (tertiary/aromatic N) is 2. The minimum atomic E-state index is -0.815. The van der Waals surface area contributed by atoms with Crippen LogP contribution in [0.25, 0.3) is 0 Å². The third kappa shape index (κ3) is 4.20.